The molecule has 0 bridgehead atoms. The largest absolute Gasteiger partial charge is 0.490 e. The smallest absolute Gasteiger partial charge is 0.475 e. The van der Waals surface area contributed by atoms with E-state index in [1.807, 2.05) is 30.5 Å². The summed E-state index contributed by atoms with van der Waals surface area (Å²) in [6.45, 7) is 8.03. The van der Waals surface area contributed by atoms with Crippen LogP contribution < -0.4 is 9.91 Å². The van der Waals surface area contributed by atoms with Crippen LogP contribution in [-0.2, 0) is 4.79 Å². The number of aromatic nitrogens is 1. The summed E-state index contributed by atoms with van der Waals surface area (Å²) in [6.07, 6.45) is 1.95. The van der Waals surface area contributed by atoms with E-state index >= 15 is 0 Å². The molecule has 0 saturated carbocycles. The number of fused-ring (bicyclic) bond motifs is 1. The third-order valence-corrected chi connectivity index (χ3v) is 7.31. The van der Waals surface area contributed by atoms with Gasteiger partial charge in [0.2, 0.25) is 0 Å². The van der Waals surface area contributed by atoms with Crippen molar-refractivity contribution in [2.75, 3.05) is 25.0 Å². The molecule has 37 heavy (non-hydrogen) atoms. The van der Waals surface area contributed by atoms with Gasteiger partial charge in [-0.2, -0.15) is 13.2 Å². The van der Waals surface area contributed by atoms with Crippen molar-refractivity contribution >= 4 is 34.2 Å². The number of H-pyrrole nitrogens is 1. The number of aryl methyl sites for hydroxylation is 1. The molecule has 0 aliphatic carbocycles. The number of nitrogens with zero attached hydrogens (tertiary/aromatic N) is 2. The maximum absolute atomic E-state index is 12.9. The minimum atomic E-state index is -5.08. The van der Waals surface area contributed by atoms with Crippen LogP contribution >= 0.6 is 0 Å². The van der Waals surface area contributed by atoms with Crippen LogP contribution in [0.2, 0.25) is 0 Å². The molecule has 1 aromatic heterocycles. The first-order chi connectivity index (χ1) is 17.5. The number of hydrogen-bond acceptors (Lipinski definition) is 3. The van der Waals surface area contributed by atoms with Crippen molar-refractivity contribution < 1.29 is 27.9 Å². The minimum Gasteiger partial charge on any atom is -0.475 e. The molecule has 2 aromatic carbocycles. The van der Waals surface area contributed by atoms with Crippen LogP contribution in [-0.4, -0.2) is 58.8 Å². The van der Waals surface area contributed by atoms with E-state index in [4.69, 9.17) is 9.90 Å². The van der Waals surface area contributed by atoms with Crippen molar-refractivity contribution in [3.05, 3.63) is 59.8 Å². The number of halogens is 3. The summed E-state index contributed by atoms with van der Waals surface area (Å²) in [5, 5.41) is 14.1. The normalized spacial score (nSPS) is 19.4. The third kappa shape index (κ3) is 5.65. The predicted octanol–water partition coefficient (Wildman–Crippen LogP) is 5.86. The first-order valence-electron chi connectivity index (χ1n) is 12.5. The van der Waals surface area contributed by atoms with Crippen LogP contribution in [0.15, 0.2) is 48.7 Å². The fourth-order valence-corrected chi connectivity index (χ4v) is 5.44. The molecule has 5 rings (SSSR count). The molecule has 2 fully saturated rings. The Balaban J connectivity index is 0.000000405. The van der Waals surface area contributed by atoms with Crippen LogP contribution in [0.1, 0.15) is 48.5 Å². The van der Waals surface area contributed by atoms with Gasteiger partial charge in [-0.1, -0.05) is 6.07 Å². The highest BCUT2D eigenvalue weighted by atomic mass is 19.4. The van der Waals surface area contributed by atoms with Crippen LogP contribution in [0.25, 0.3) is 10.9 Å². The predicted molar refractivity (Wildman–Crippen MR) is 137 cm³/mol. The monoisotopic (exact) mass is 517 g/mol. The van der Waals surface area contributed by atoms with Crippen LogP contribution in [0, 0.1) is 6.92 Å². The van der Waals surface area contributed by atoms with Crippen molar-refractivity contribution in [1.29, 1.82) is 0 Å². The lowest BCUT2D eigenvalue weighted by Gasteiger charge is -2.43. The molecule has 1 atom stereocenters. The van der Waals surface area contributed by atoms with Gasteiger partial charge >= 0.3 is 12.1 Å². The number of anilines is 1. The number of nitrogens with one attached hydrogen (secondary N) is 2. The van der Waals surface area contributed by atoms with Gasteiger partial charge in [-0.25, -0.2) is 9.39 Å². The number of amides is 1. The topological polar surface area (TPSA) is 85.4 Å². The molecule has 0 radical (unpaired) electrons. The maximum Gasteiger partial charge on any atom is 0.490 e. The lowest BCUT2D eigenvalue weighted by Crippen LogP contribution is -2.61. The van der Waals surface area contributed by atoms with Gasteiger partial charge in [0, 0.05) is 54.5 Å². The molecular formula is C27H32F3N4O3+. The van der Waals surface area contributed by atoms with E-state index in [2.05, 4.69) is 47.4 Å². The van der Waals surface area contributed by atoms with Gasteiger partial charge in [-0.05, 0) is 61.9 Å². The fourth-order valence-electron chi connectivity index (χ4n) is 5.44. The highest BCUT2D eigenvalue weighted by molar-refractivity contribution is 6.06. The lowest BCUT2D eigenvalue weighted by molar-refractivity contribution is -0.192. The van der Waals surface area contributed by atoms with Crippen molar-refractivity contribution in [2.45, 2.75) is 51.7 Å². The van der Waals surface area contributed by atoms with Crippen LogP contribution in [0.4, 0.5) is 24.5 Å². The Morgan fingerprint density at radius 3 is 2.38 bits per heavy atom. The fraction of sp³-hybridized carbons (Fsp3) is 0.407. The van der Waals surface area contributed by atoms with Gasteiger partial charge in [-0.15, -0.1) is 5.01 Å². The first kappa shape index (κ1) is 26.7. The number of carbonyl (C=O) groups excluding carboxylic acids is 1. The summed E-state index contributed by atoms with van der Waals surface area (Å²) in [5.41, 5.74) is 5.03. The summed E-state index contributed by atoms with van der Waals surface area (Å²) in [7, 11) is 0. The molecule has 198 valence electrons. The Morgan fingerprint density at radius 1 is 1.08 bits per heavy atom. The van der Waals surface area contributed by atoms with E-state index in [-0.39, 0.29) is 5.91 Å². The Hall–Kier alpha value is -3.37. The number of quaternary nitrogens is 1. The Labute approximate surface area is 213 Å². The van der Waals surface area contributed by atoms with Gasteiger partial charge in [0.05, 0.1) is 6.04 Å². The summed E-state index contributed by atoms with van der Waals surface area (Å²) in [6, 6.07) is 15.0. The summed E-state index contributed by atoms with van der Waals surface area (Å²) in [4.78, 5) is 24.9. The molecule has 3 heterocycles. The summed E-state index contributed by atoms with van der Waals surface area (Å²) >= 11 is 0. The second-order valence-electron chi connectivity index (χ2n) is 9.77. The van der Waals surface area contributed by atoms with Crippen molar-refractivity contribution in [2.24, 2.45) is 0 Å². The van der Waals surface area contributed by atoms with Crippen LogP contribution in [0.3, 0.4) is 0 Å². The van der Waals surface area contributed by atoms with Gasteiger partial charge in [0.15, 0.2) is 5.69 Å². The summed E-state index contributed by atoms with van der Waals surface area (Å²) in [5.74, 6) is -2.83. The number of rotatable bonds is 4. The molecule has 3 N–H and O–H groups in total. The van der Waals surface area contributed by atoms with Gasteiger partial charge in [-0.3, -0.25) is 4.79 Å². The van der Waals surface area contributed by atoms with E-state index in [0.29, 0.717) is 11.6 Å². The third-order valence-electron chi connectivity index (χ3n) is 7.31. The Kier molecular flexibility index (Phi) is 7.61. The molecule has 10 heteroatoms. The van der Waals surface area contributed by atoms with E-state index in [1.54, 1.807) is 0 Å². The molecule has 2 aliphatic rings. The number of carboxylic acid groups (broad SMARTS) is 1. The second-order valence-corrected chi connectivity index (χ2v) is 9.77. The first-order valence-corrected chi connectivity index (χ1v) is 12.5. The van der Waals surface area contributed by atoms with Crippen molar-refractivity contribution in [3.8, 4) is 0 Å². The van der Waals surface area contributed by atoms with Gasteiger partial charge in [0.25, 0.3) is 5.91 Å². The molecular weight excluding hydrogens is 485 g/mol. The molecule has 2 aliphatic heterocycles. The number of benzene rings is 2. The minimum absolute atomic E-state index is 0.0689. The average Bonchev–Trinajstić information content (AvgIpc) is 3.60. The highest BCUT2D eigenvalue weighted by Gasteiger charge is 2.45. The molecule has 0 spiro atoms. The van der Waals surface area contributed by atoms with E-state index in [1.165, 1.54) is 51.0 Å². The number of carboxylic acids is 1. The molecule has 0 unspecified atom stereocenters. The van der Waals surface area contributed by atoms with Gasteiger partial charge < -0.3 is 15.4 Å². The van der Waals surface area contributed by atoms with E-state index in [9.17, 15) is 18.0 Å². The molecule has 1 amide bonds. The van der Waals surface area contributed by atoms with E-state index < -0.39 is 12.1 Å². The SMILES string of the molecule is Cc1cc([N+]2(N3CCC[C@@H]3C)CCCC2)ccc1NC(=O)c1ccc2cc[nH]c2c1.O=C(O)C(F)(F)F. The van der Waals surface area contributed by atoms with Crippen molar-refractivity contribution in [1.82, 2.24) is 14.6 Å². The average molecular weight is 518 g/mol. The number of aliphatic carboxylic acids is 1. The zero-order valence-corrected chi connectivity index (χ0v) is 20.9. The van der Waals surface area contributed by atoms with Gasteiger partial charge in [0.1, 0.15) is 13.1 Å². The number of hydrogen-bond donors (Lipinski definition) is 3. The lowest BCUT2D eigenvalue weighted by atomic mass is 10.1. The van der Waals surface area contributed by atoms with Crippen molar-refractivity contribution in [3.63, 3.8) is 0 Å². The number of carbonyl (C=O) groups is 2. The Bertz CT molecular complexity index is 1280. The molecule has 7 nitrogen and oxygen atoms in total. The maximum atomic E-state index is 12.9. The second kappa shape index (κ2) is 10.5. The highest BCUT2D eigenvalue weighted by Crippen LogP contribution is 2.38. The standard InChI is InChI=1S/C25H30N4O.C2HF3O2/c1-18-16-22(29(14-3-4-15-29)28-13-5-6-19(28)2)9-10-23(18)27-25(30)21-8-7-20-11-12-26-24(20)17-21;3-2(4,5)1(6)7/h7-12,16-17,19H,3-6,13-15H2,1-2H3,(H-,26,27,30);(H,6,7)/p+1/t19-;/m0./s1. The number of alkyl halides is 3. The zero-order valence-electron chi connectivity index (χ0n) is 20.9. The van der Waals surface area contributed by atoms with Crippen LogP contribution in [0.5, 0.6) is 0 Å². The zero-order chi connectivity index (χ0) is 26.8. The molecule has 3 aromatic rings. The Morgan fingerprint density at radius 2 is 1.78 bits per heavy atom. The quantitative estimate of drug-likeness (QED) is 0.379. The molecule has 2 saturated heterocycles. The summed E-state index contributed by atoms with van der Waals surface area (Å²) < 4.78 is 32.7. The number of aromatic amines is 1. The van der Waals surface area contributed by atoms with E-state index in [0.717, 1.165) is 26.7 Å².